The summed E-state index contributed by atoms with van der Waals surface area (Å²) < 4.78 is 15.4. The van der Waals surface area contributed by atoms with E-state index in [1.165, 1.54) is 12.1 Å². The van der Waals surface area contributed by atoms with Crippen LogP contribution < -0.4 is 5.43 Å². The number of fused-ring (bicyclic) bond motifs is 1. The first kappa shape index (κ1) is 16.1. The number of carboxylic acids is 1. The minimum absolute atomic E-state index is 0.00940. The fraction of sp³-hybridized carbons (Fsp3) is 0.118. The molecule has 3 rings (SSSR count). The molecular formula is C17H12ClFN2O3. The second-order valence-electron chi connectivity index (χ2n) is 5.44. The van der Waals surface area contributed by atoms with Crippen LogP contribution in [0.3, 0.4) is 0 Å². The molecule has 3 aromatic rings. The average Bonchev–Trinajstić information content (AvgIpc) is 2.50. The fourth-order valence-corrected chi connectivity index (χ4v) is 2.62. The average molecular weight is 347 g/mol. The summed E-state index contributed by atoms with van der Waals surface area (Å²) in [6.45, 7) is 3.65. The zero-order valence-electron chi connectivity index (χ0n) is 12.8. The predicted octanol–water partition coefficient (Wildman–Crippen LogP) is 3.49. The van der Waals surface area contributed by atoms with Gasteiger partial charge in [0, 0.05) is 5.02 Å². The highest BCUT2D eigenvalue weighted by Gasteiger charge is 2.19. The van der Waals surface area contributed by atoms with Gasteiger partial charge in [0.25, 0.3) is 0 Å². The minimum Gasteiger partial charge on any atom is -0.476 e. The lowest BCUT2D eigenvalue weighted by atomic mass is 10.1. The van der Waals surface area contributed by atoms with E-state index in [1.807, 2.05) is 13.8 Å². The summed E-state index contributed by atoms with van der Waals surface area (Å²) in [5.74, 6) is -2.14. The van der Waals surface area contributed by atoms with Crippen LogP contribution in [-0.4, -0.2) is 20.9 Å². The molecule has 0 spiro atoms. The molecule has 7 heteroatoms. The first-order chi connectivity index (χ1) is 11.3. The Morgan fingerprint density at radius 3 is 2.50 bits per heavy atom. The number of benzene rings is 2. The summed E-state index contributed by atoms with van der Waals surface area (Å²) in [4.78, 5) is 23.7. The normalized spacial score (nSPS) is 11.0. The van der Waals surface area contributed by atoms with E-state index in [4.69, 9.17) is 11.6 Å². The van der Waals surface area contributed by atoms with Crippen molar-refractivity contribution in [2.75, 3.05) is 0 Å². The molecule has 0 amide bonds. The van der Waals surface area contributed by atoms with Crippen molar-refractivity contribution in [2.45, 2.75) is 13.8 Å². The van der Waals surface area contributed by atoms with Crippen LogP contribution in [0.15, 0.2) is 35.1 Å². The van der Waals surface area contributed by atoms with Crippen molar-refractivity contribution in [3.05, 3.63) is 68.2 Å². The Bertz CT molecular complexity index is 1060. The topological polar surface area (TPSA) is 72.2 Å². The van der Waals surface area contributed by atoms with E-state index < -0.39 is 22.9 Å². The molecule has 0 saturated heterocycles. The maximum Gasteiger partial charge on any atom is 0.360 e. The molecule has 2 aromatic carbocycles. The van der Waals surface area contributed by atoms with Gasteiger partial charge in [-0.15, -0.1) is 0 Å². The molecule has 0 fully saturated rings. The van der Waals surface area contributed by atoms with Gasteiger partial charge in [-0.25, -0.2) is 13.9 Å². The van der Waals surface area contributed by atoms with E-state index in [-0.39, 0.29) is 16.1 Å². The van der Waals surface area contributed by atoms with Gasteiger partial charge in [-0.05, 0) is 55.3 Å². The Kier molecular flexibility index (Phi) is 3.85. The van der Waals surface area contributed by atoms with Crippen molar-refractivity contribution < 1.29 is 14.3 Å². The number of aromatic nitrogens is 2. The van der Waals surface area contributed by atoms with Crippen molar-refractivity contribution in [1.82, 2.24) is 9.78 Å². The van der Waals surface area contributed by atoms with Gasteiger partial charge in [-0.3, -0.25) is 4.79 Å². The van der Waals surface area contributed by atoms with Crippen LogP contribution in [0.5, 0.6) is 0 Å². The van der Waals surface area contributed by atoms with Crippen LogP contribution in [0.1, 0.15) is 21.6 Å². The number of rotatable bonds is 2. The van der Waals surface area contributed by atoms with Crippen LogP contribution >= 0.6 is 11.6 Å². The Morgan fingerprint density at radius 1 is 1.21 bits per heavy atom. The second kappa shape index (κ2) is 5.72. The first-order valence-electron chi connectivity index (χ1n) is 7.02. The summed E-state index contributed by atoms with van der Waals surface area (Å²) >= 11 is 5.76. The number of hydrogen-bond acceptors (Lipinski definition) is 3. The van der Waals surface area contributed by atoms with Gasteiger partial charge in [-0.1, -0.05) is 11.6 Å². The highest BCUT2D eigenvalue weighted by atomic mass is 35.5. The quantitative estimate of drug-likeness (QED) is 0.771. The molecule has 0 aliphatic rings. The number of nitrogens with zero attached hydrogens (tertiary/aromatic N) is 2. The zero-order chi connectivity index (χ0) is 17.6. The van der Waals surface area contributed by atoms with Crippen LogP contribution in [0.2, 0.25) is 5.02 Å². The zero-order valence-corrected chi connectivity index (χ0v) is 13.6. The Labute approximate surface area is 140 Å². The number of aromatic carboxylic acids is 1. The maximum atomic E-state index is 14.3. The smallest absolute Gasteiger partial charge is 0.360 e. The van der Waals surface area contributed by atoms with Crippen LogP contribution in [0.4, 0.5) is 4.39 Å². The predicted molar refractivity (Wildman–Crippen MR) is 88.7 cm³/mol. The number of aryl methyl sites for hydroxylation is 2. The van der Waals surface area contributed by atoms with Crippen LogP contribution in [-0.2, 0) is 0 Å². The molecule has 24 heavy (non-hydrogen) atoms. The lowest BCUT2D eigenvalue weighted by Gasteiger charge is -2.13. The molecule has 0 bridgehead atoms. The second-order valence-corrected chi connectivity index (χ2v) is 5.88. The molecular weight excluding hydrogens is 335 g/mol. The molecule has 1 heterocycles. The van der Waals surface area contributed by atoms with Crippen molar-refractivity contribution in [3.63, 3.8) is 0 Å². The summed E-state index contributed by atoms with van der Waals surface area (Å²) in [5.41, 5.74) is 0.663. The van der Waals surface area contributed by atoms with E-state index in [1.54, 1.807) is 12.1 Å². The van der Waals surface area contributed by atoms with E-state index in [0.29, 0.717) is 5.52 Å². The molecule has 0 aliphatic heterocycles. The van der Waals surface area contributed by atoms with Gasteiger partial charge in [0.1, 0.15) is 11.5 Å². The lowest BCUT2D eigenvalue weighted by Crippen LogP contribution is -2.23. The van der Waals surface area contributed by atoms with Gasteiger partial charge in [-0.2, -0.15) is 5.10 Å². The third-order valence-corrected chi connectivity index (χ3v) is 4.08. The molecule has 0 aliphatic carbocycles. The summed E-state index contributed by atoms with van der Waals surface area (Å²) in [6, 6.07) is 7.22. The molecule has 0 unspecified atom stereocenters. The van der Waals surface area contributed by atoms with E-state index >= 15 is 0 Å². The Hall–Kier alpha value is -2.73. The Morgan fingerprint density at radius 2 is 1.88 bits per heavy atom. The molecule has 0 atom stereocenters. The highest BCUT2D eigenvalue weighted by Crippen LogP contribution is 2.23. The fourth-order valence-electron chi connectivity index (χ4n) is 2.46. The van der Waals surface area contributed by atoms with E-state index in [9.17, 15) is 19.1 Å². The number of halogens is 2. The van der Waals surface area contributed by atoms with Crippen molar-refractivity contribution >= 4 is 28.5 Å². The Balaban J connectivity index is 2.50. The molecule has 122 valence electrons. The van der Waals surface area contributed by atoms with Crippen LogP contribution in [0, 0.1) is 19.7 Å². The molecule has 0 radical (unpaired) electrons. The largest absolute Gasteiger partial charge is 0.476 e. The van der Waals surface area contributed by atoms with E-state index in [2.05, 4.69) is 5.10 Å². The summed E-state index contributed by atoms with van der Waals surface area (Å²) in [6.07, 6.45) is 0. The van der Waals surface area contributed by atoms with E-state index in [0.717, 1.165) is 21.9 Å². The monoisotopic (exact) mass is 346 g/mol. The van der Waals surface area contributed by atoms with Crippen molar-refractivity contribution in [3.8, 4) is 5.69 Å². The third-order valence-electron chi connectivity index (χ3n) is 3.84. The van der Waals surface area contributed by atoms with Gasteiger partial charge >= 0.3 is 5.97 Å². The first-order valence-corrected chi connectivity index (χ1v) is 7.40. The van der Waals surface area contributed by atoms with Gasteiger partial charge in [0.05, 0.1) is 10.9 Å². The molecule has 1 N–H and O–H groups in total. The standard InChI is InChI=1S/C17H12ClFN2O3/c1-8-5-11-14(6-9(8)2)21(20-15(16(11)22)17(23)24)13-4-3-10(18)7-12(13)19/h3-7H,1-2H3,(H,23,24). The molecule has 0 saturated carbocycles. The number of carbonyl (C=O) groups is 1. The highest BCUT2D eigenvalue weighted by molar-refractivity contribution is 6.30. The number of carboxylic acid groups (broad SMARTS) is 1. The summed E-state index contributed by atoms with van der Waals surface area (Å²) in [5, 5.41) is 13.5. The van der Waals surface area contributed by atoms with Crippen molar-refractivity contribution in [2.24, 2.45) is 0 Å². The summed E-state index contributed by atoms with van der Waals surface area (Å²) in [7, 11) is 0. The maximum absolute atomic E-state index is 14.3. The lowest BCUT2D eigenvalue weighted by molar-refractivity contribution is 0.0687. The molecule has 1 aromatic heterocycles. The minimum atomic E-state index is -1.47. The van der Waals surface area contributed by atoms with Gasteiger partial charge in [0.15, 0.2) is 0 Å². The van der Waals surface area contributed by atoms with Crippen LogP contribution in [0.25, 0.3) is 16.6 Å². The van der Waals surface area contributed by atoms with Crippen molar-refractivity contribution in [1.29, 1.82) is 0 Å². The number of hydrogen-bond donors (Lipinski definition) is 1. The third kappa shape index (κ3) is 2.55. The van der Waals surface area contributed by atoms with Gasteiger partial charge < -0.3 is 5.11 Å². The van der Waals surface area contributed by atoms with Gasteiger partial charge in [0.2, 0.25) is 11.1 Å². The molecule has 5 nitrogen and oxygen atoms in total. The SMILES string of the molecule is Cc1cc2c(=O)c(C(=O)O)nn(-c3ccc(Cl)cc3F)c2cc1C.